The monoisotopic (exact) mass is 456 g/mol. The molecule has 1 aliphatic heterocycles. The van der Waals surface area contributed by atoms with E-state index in [1.165, 1.54) is 0 Å². The molecular formula is C25H28N8O. The second-order valence-electron chi connectivity index (χ2n) is 9.07. The maximum Gasteiger partial charge on any atom is 0.169 e. The van der Waals surface area contributed by atoms with Gasteiger partial charge >= 0.3 is 0 Å². The lowest BCUT2D eigenvalue weighted by Crippen LogP contribution is -2.42. The Labute approximate surface area is 198 Å². The summed E-state index contributed by atoms with van der Waals surface area (Å²) < 4.78 is 1.67. The second-order valence-corrected chi connectivity index (χ2v) is 9.07. The highest BCUT2D eigenvalue weighted by Crippen LogP contribution is 2.23. The van der Waals surface area contributed by atoms with E-state index in [2.05, 4.69) is 49.4 Å². The third-order valence-electron chi connectivity index (χ3n) is 6.46. The Morgan fingerprint density at radius 2 is 1.88 bits per heavy atom. The van der Waals surface area contributed by atoms with Gasteiger partial charge in [0.15, 0.2) is 5.78 Å². The number of piperidine rings is 1. The van der Waals surface area contributed by atoms with Gasteiger partial charge in [-0.25, -0.2) is 4.98 Å². The highest BCUT2D eigenvalue weighted by Gasteiger charge is 2.22. The molecule has 5 rings (SSSR count). The van der Waals surface area contributed by atoms with E-state index in [-0.39, 0.29) is 12.2 Å². The van der Waals surface area contributed by atoms with E-state index >= 15 is 0 Å². The van der Waals surface area contributed by atoms with Crippen LogP contribution in [-0.2, 0) is 13.5 Å². The predicted molar refractivity (Wildman–Crippen MR) is 131 cm³/mol. The van der Waals surface area contributed by atoms with Gasteiger partial charge in [-0.2, -0.15) is 10.2 Å². The fraction of sp³-hybridized carbons (Fsp3) is 0.360. The van der Waals surface area contributed by atoms with E-state index < -0.39 is 0 Å². The van der Waals surface area contributed by atoms with Crippen LogP contribution < -0.4 is 4.90 Å². The fourth-order valence-corrected chi connectivity index (χ4v) is 4.46. The number of carbonyl (C=O) groups excluding carboxylic acids is 1. The molecule has 0 spiro atoms. The van der Waals surface area contributed by atoms with Gasteiger partial charge in [0, 0.05) is 48.9 Å². The average molecular weight is 457 g/mol. The predicted octanol–water partition coefficient (Wildman–Crippen LogP) is 2.78. The van der Waals surface area contributed by atoms with Crippen molar-refractivity contribution < 1.29 is 4.79 Å². The molecule has 0 unspecified atom stereocenters. The second kappa shape index (κ2) is 9.26. The van der Waals surface area contributed by atoms with Crippen molar-refractivity contribution in [3.63, 3.8) is 0 Å². The highest BCUT2D eigenvalue weighted by molar-refractivity contribution is 5.98. The molecule has 0 saturated carbocycles. The minimum absolute atomic E-state index is 0.00515. The number of hydrogen-bond acceptors (Lipinski definition) is 8. The summed E-state index contributed by atoms with van der Waals surface area (Å²) in [5.41, 5.74) is 3.80. The zero-order valence-corrected chi connectivity index (χ0v) is 19.7. The van der Waals surface area contributed by atoms with Crippen LogP contribution in [-0.4, -0.2) is 74.1 Å². The standard InChI is InChI=1S/C25H28N8O/c1-31(2)21-7-10-33(11-8-21)25-14-18(6-9-26-25)24(34)15-20-13-19-12-17(4-5-22(19)28-27-20)23-16-32(3)30-29-23/h4-6,9,12-14,16,21H,7-8,10-11,15H2,1-3H3. The molecular weight excluding hydrogens is 428 g/mol. The molecule has 4 heterocycles. The summed E-state index contributed by atoms with van der Waals surface area (Å²) in [6.07, 6.45) is 5.96. The summed E-state index contributed by atoms with van der Waals surface area (Å²) in [6, 6.07) is 12.1. The third kappa shape index (κ3) is 4.65. The summed E-state index contributed by atoms with van der Waals surface area (Å²) in [7, 11) is 6.09. The van der Waals surface area contributed by atoms with Gasteiger partial charge in [-0.15, -0.1) is 5.10 Å². The largest absolute Gasteiger partial charge is 0.356 e. The van der Waals surface area contributed by atoms with E-state index in [0.717, 1.165) is 53.9 Å². The van der Waals surface area contributed by atoms with Crippen LogP contribution in [0.5, 0.6) is 0 Å². The van der Waals surface area contributed by atoms with Crippen molar-refractivity contribution in [3.8, 4) is 11.3 Å². The molecule has 0 radical (unpaired) electrons. The van der Waals surface area contributed by atoms with E-state index in [4.69, 9.17) is 0 Å². The number of Topliss-reactive ketones (excluding diaryl/α,β-unsaturated/α-hetero) is 1. The van der Waals surface area contributed by atoms with Gasteiger partial charge in [0.05, 0.1) is 23.8 Å². The molecule has 0 aliphatic carbocycles. The topological polar surface area (TPSA) is 92.9 Å². The van der Waals surface area contributed by atoms with Gasteiger partial charge in [0.25, 0.3) is 0 Å². The molecule has 34 heavy (non-hydrogen) atoms. The fourth-order valence-electron chi connectivity index (χ4n) is 4.46. The van der Waals surface area contributed by atoms with E-state index in [0.29, 0.717) is 17.3 Å². The summed E-state index contributed by atoms with van der Waals surface area (Å²) in [5, 5.41) is 17.7. The molecule has 4 aromatic rings. The van der Waals surface area contributed by atoms with Crippen molar-refractivity contribution in [2.45, 2.75) is 25.3 Å². The molecule has 0 bridgehead atoms. The first kappa shape index (κ1) is 22.1. The van der Waals surface area contributed by atoms with Gasteiger partial charge in [-0.05, 0) is 57.3 Å². The Bertz CT molecular complexity index is 1320. The van der Waals surface area contributed by atoms with Crippen molar-refractivity contribution in [1.82, 2.24) is 35.1 Å². The number of fused-ring (bicyclic) bond motifs is 1. The first-order valence-corrected chi connectivity index (χ1v) is 11.5. The number of aromatic nitrogens is 6. The molecule has 1 aromatic carbocycles. The van der Waals surface area contributed by atoms with Crippen molar-refractivity contribution in [2.24, 2.45) is 7.05 Å². The smallest absolute Gasteiger partial charge is 0.169 e. The van der Waals surface area contributed by atoms with Gasteiger partial charge in [0.1, 0.15) is 11.5 Å². The molecule has 9 heteroatoms. The Hall–Kier alpha value is -3.72. The number of carbonyl (C=O) groups is 1. The minimum Gasteiger partial charge on any atom is -0.356 e. The number of benzene rings is 1. The van der Waals surface area contributed by atoms with Gasteiger partial charge in [-0.1, -0.05) is 11.3 Å². The number of ketones is 1. The number of pyridine rings is 1. The Morgan fingerprint density at radius 1 is 1.06 bits per heavy atom. The van der Waals surface area contributed by atoms with Crippen LogP contribution in [0.25, 0.3) is 22.2 Å². The minimum atomic E-state index is 0.00515. The number of hydrogen-bond donors (Lipinski definition) is 0. The van der Waals surface area contributed by atoms with Crippen LogP contribution in [0.1, 0.15) is 28.9 Å². The number of rotatable bonds is 6. The van der Waals surface area contributed by atoms with E-state index in [9.17, 15) is 4.79 Å². The lowest BCUT2D eigenvalue weighted by molar-refractivity contribution is 0.0991. The van der Waals surface area contributed by atoms with Crippen LogP contribution in [0.4, 0.5) is 5.82 Å². The van der Waals surface area contributed by atoms with Crippen molar-refractivity contribution in [1.29, 1.82) is 0 Å². The maximum absolute atomic E-state index is 13.1. The molecule has 1 aliphatic rings. The highest BCUT2D eigenvalue weighted by atomic mass is 16.1. The van der Waals surface area contributed by atoms with Crippen LogP contribution in [0.3, 0.4) is 0 Å². The number of anilines is 1. The average Bonchev–Trinajstić information content (AvgIpc) is 3.30. The van der Waals surface area contributed by atoms with Gasteiger partial charge in [-0.3, -0.25) is 9.48 Å². The lowest BCUT2D eigenvalue weighted by atomic mass is 10.0. The van der Waals surface area contributed by atoms with Gasteiger partial charge < -0.3 is 9.80 Å². The van der Waals surface area contributed by atoms with E-state index in [1.54, 1.807) is 16.9 Å². The van der Waals surface area contributed by atoms with E-state index in [1.807, 2.05) is 43.6 Å². The molecule has 1 saturated heterocycles. The molecule has 3 aromatic heterocycles. The summed E-state index contributed by atoms with van der Waals surface area (Å²) >= 11 is 0. The van der Waals surface area contributed by atoms with Crippen LogP contribution in [0, 0.1) is 0 Å². The normalized spacial score (nSPS) is 14.8. The summed E-state index contributed by atoms with van der Waals surface area (Å²) in [5.74, 6) is 0.867. The maximum atomic E-state index is 13.1. The SMILES string of the molecule is CN(C)C1CCN(c2cc(C(=O)Cc3cc4cc(-c5cn(C)nn5)ccc4nn3)ccn2)CC1. The van der Waals surface area contributed by atoms with Crippen LogP contribution in [0.15, 0.2) is 48.8 Å². The zero-order valence-electron chi connectivity index (χ0n) is 19.7. The molecule has 0 amide bonds. The number of aryl methyl sites for hydroxylation is 1. The van der Waals surface area contributed by atoms with Crippen LogP contribution >= 0.6 is 0 Å². The van der Waals surface area contributed by atoms with Crippen molar-refractivity contribution in [2.75, 3.05) is 32.1 Å². The first-order valence-electron chi connectivity index (χ1n) is 11.5. The zero-order chi connectivity index (χ0) is 23.7. The van der Waals surface area contributed by atoms with Crippen molar-refractivity contribution in [3.05, 3.63) is 60.0 Å². The Balaban J connectivity index is 1.32. The molecule has 1 fully saturated rings. The van der Waals surface area contributed by atoms with Crippen LogP contribution in [0.2, 0.25) is 0 Å². The molecule has 174 valence electrons. The quantitative estimate of drug-likeness (QED) is 0.409. The van der Waals surface area contributed by atoms with Gasteiger partial charge in [0.2, 0.25) is 0 Å². The van der Waals surface area contributed by atoms with Crippen molar-refractivity contribution >= 4 is 22.5 Å². The summed E-state index contributed by atoms with van der Waals surface area (Å²) in [6.45, 7) is 1.88. The molecule has 0 atom stereocenters. The molecule has 9 nitrogen and oxygen atoms in total. The Morgan fingerprint density at radius 3 is 2.62 bits per heavy atom. The number of nitrogens with zero attached hydrogens (tertiary/aromatic N) is 8. The lowest BCUT2D eigenvalue weighted by Gasteiger charge is -2.35. The Kier molecular flexibility index (Phi) is 6.02. The first-order chi connectivity index (χ1) is 16.5. The molecule has 0 N–H and O–H groups in total. The third-order valence-corrected chi connectivity index (χ3v) is 6.46. The summed E-state index contributed by atoms with van der Waals surface area (Å²) in [4.78, 5) is 22.1.